The Morgan fingerprint density at radius 3 is 2.06 bits per heavy atom. The van der Waals surface area contributed by atoms with Crippen molar-refractivity contribution in [3.63, 3.8) is 0 Å². The number of nitrogens with one attached hydrogen (secondary N) is 5. The summed E-state index contributed by atoms with van der Waals surface area (Å²) >= 11 is 0. The summed E-state index contributed by atoms with van der Waals surface area (Å²) in [6.07, 6.45) is 3.81. The van der Waals surface area contributed by atoms with Crippen LogP contribution in [0, 0.1) is 0 Å². The molecule has 2 saturated heterocycles. The van der Waals surface area contributed by atoms with E-state index in [0.717, 1.165) is 72.6 Å². The summed E-state index contributed by atoms with van der Waals surface area (Å²) in [5, 5.41) is 12.4. The number of aromatic amines is 1. The lowest BCUT2D eigenvalue weighted by atomic mass is 10.1. The topological polar surface area (TPSA) is 111 Å². The minimum Gasteiger partial charge on any atom is -0.338 e. The molecular weight excluding hydrogens is 392 g/mol. The van der Waals surface area contributed by atoms with Gasteiger partial charge in [-0.25, -0.2) is 4.98 Å². The summed E-state index contributed by atoms with van der Waals surface area (Å²) < 4.78 is 0. The van der Waals surface area contributed by atoms with Crippen molar-refractivity contribution in [1.29, 1.82) is 0 Å². The standard InChI is InChI=1S/C23H26N6O2/c30-22(18-3-1-11-24-18)26-15-7-5-14(6-8-15)21-28-17-10-9-16(13-20(17)29-21)27-23(31)19-4-2-12-25-19/h5-10,13,18-19,24-25H,1-4,11-12H2,(H,26,30)(H,27,31)(H,28,29). The highest BCUT2D eigenvalue weighted by molar-refractivity contribution is 5.97. The zero-order chi connectivity index (χ0) is 21.2. The Morgan fingerprint density at radius 1 is 0.839 bits per heavy atom. The van der Waals surface area contributed by atoms with Gasteiger partial charge in [-0.2, -0.15) is 0 Å². The van der Waals surface area contributed by atoms with Gasteiger partial charge in [-0.15, -0.1) is 0 Å². The first kappa shape index (κ1) is 19.7. The van der Waals surface area contributed by atoms with Gasteiger partial charge in [0.15, 0.2) is 0 Å². The lowest BCUT2D eigenvalue weighted by molar-refractivity contribution is -0.118. The number of anilines is 2. The molecule has 2 aliphatic rings. The fraction of sp³-hybridized carbons (Fsp3) is 0.348. The monoisotopic (exact) mass is 418 g/mol. The maximum atomic E-state index is 12.3. The molecule has 8 nitrogen and oxygen atoms in total. The maximum Gasteiger partial charge on any atom is 0.241 e. The Labute approximate surface area is 180 Å². The second-order valence-electron chi connectivity index (χ2n) is 8.17. The minimum atomic E-state index is -0.114. The van der Waals surface area contributed by atoms with Gasteiger partial charge in [-0.1, -0.05) is 0 Å². The number of rotatable bonds is 5. The average Bonchev–Trinajstić information content (AvgIpc) is 3.55. The molecule has 2 atom stereocenters. The second-order valence-corrected chi connectivity index (χ2v) is 8.17. The molecule has 2 fully saturated rings. The predicted octanol–water partition coefficient (Wildman–Crippen LogP) is 2.61. The van der Waals surface area contributed by atoms with E-state index in [1.54, 1.807) is 0 Å². The number of hydrogen-bond acceptors (Lipinski definition) is 5. The van der Waals surface area contributed by atoms with Crippen molar-refractivity contribution in [2.75, 3.05) is 23.7 Å². The van der Waals surface area contributed by atoms with Crippen LogP contribution in [-0.4, -0.2) is 47.0 Å². The number of fused-ring (bicyclic) bond motifs is 1. The number of H-pyrrole nitrogens is 1. The first-order chi connectivity index (χ1) is 15.2. The van der Waals surface area contributed by atoms with Gasteiger partial charge >= 0.3 is 0 Å². The van der Waals surface area contributed by atoms with E-state index < -0.39 is 0 Å². The van der Waals surface area contributed by atoms with Crippen LogP contribution in [0.1, 0.15) is 25.7 Å². The highest BCUT2D eigenvalue weighted by atomic mass is 16.2. The van der Waals surface area contributed by atoms with E-state index in [9.17, 15) is 9.59 Å². The smallest absolute Gasteiger partial charge is 0.241 e. The van der Waals surface area contributed by atoms with E-state index in [2.05, 4.69) is 31.2 Å². The van der Waals surface area contributed by atoms with Crippen molar-refractivity contribution in [1.82, 2.24) is 20.6 Å². The van der Waals surface area contributed by atoms with Gasteiger partial charge < -0.3 is 26.3 Å². The number of benzene rings is 2. The summed E-state index contributed by atoms with van der Waals surface area (Å²) in [6, 6.07) is 13.1. The molecule has 2 aliphatic heterocycles. The molecule has 0 aliphatic carbocycles. The zero-order valence-electron chi connectivity index (χ0n) is 17.2. The molecule has 2 unspecified atom stereocenters. The number of imidazole rings is 1. The molecule has 8 heteroatoms. The average molecular weight is 419 g/mol. The van der Waals surface area contributed by atoms with Gasteiger partial charge in [-0.3, -0.25) is 9.59 Å². The molecule has 5 N–H and O–H groups in total. The number of aromatic nitrogens is 2. The molecule has 31 heavy (non-hydrogen) atoms. The van der Waals surface area contributed by atoms with Gasteiger partial charge in [0.05, 0.1) is 23.1 Å². The van der Waals surface area contributed by atoms with Crippen LogP contribution in [0.5, 0.6) is 0 Å². The quantitative estimate of drug-likeness (QED) is 0.437. The molecule has 160 valence electrons. The lowest BCUT2D eigenvalue weighted by Gasteiger charge is -2.11. The van der Waals surface area contributed by atoms with Gasteiger partial charge in [0, 0.05) is 16.9 Å². The molecule has 3 aromatic rings. The van der Waals surface area contributed by atoms with Crippen LogP contribution in [0.15, 0.2) is 42.5 Å². The van der Waals surface area contributed by atoms with Crippen molar-refractivity contribution in [3.8, 4) is 11.4 Å². The zero-order valence-corrected chi connectivity index (χ0v) is 17.2. The van der Waals surface area contributed by atoms with Gasteiger partial charge in [0.1, 0.15) is 5.82 Å². The first-order valence-electron chi connectivity index (χ1n) is 10.8. The van der Waals surface area contributed by atoms with Crippen LogP contribution >= 0.6 is 0 Å². The van der Waals surface area contributed by atoms with Crippen LogP contribution in [0.2, 0.25) is 0 Å². The number of carbonyl (C=O) groups excluding carboxylic acids is 2. The number of amides is 2. The van der Waals surface area contributed by atoms with E-state index in [4.69, 9.17) is 0 Å². The van der Waals surface area contributed by atoms with Crippen molar-refractivity contribution in [2.24, 2.45) is 0 Å². The summed E-state index contributed by atoms with van der Waals surface area (Å²) in [7, 11) is 0. The molecule has 1 aromatic heterocycles. The molecule has 2 aromatic carbocycles. The Bertz CT molecular complexity index is 1090. The highest BCUT2D eigenvalue weighted by Gasteiger charge is 2.23. The fourth-order valence-electron chi connectivity index (χ4n) is 4.21. The molecule has 0 spiro atoms. The Morgan fingerprint density at radius 2 is 1.45 bits per heavy atom. The third-order valence-electron chi connectivity index (χ3n) is 5.93. The van der Waals surface area contributed by atoms with Crippen LogP contribution < -0.4 is 21.3 Å². The first-order valence-corrected chi connectivity index (χ1v) is 10.8. The summed E-state index contributed by atoms with van der Waals surface area (Å²) in [4.78, 5) is 32.6. The SMILES string of the molecule is O=C(Nc1ccc(-c2nc3ccc(NC(=O)C4CCCN4)cc3[nH]2)cc1)C1CCCN1. The molecular formula is C23H26N6O2. The van der Waals surface area contributed by atoms with Crippen molar-refractivity contribution in [2.45, 2.75) is 37.8 Å². The van der Waals surface area contributed by atoms with Gasteiger partial charge in [0.2, 0.25) is 11.8 Å². The molecule has 0 bridgehead atoms. The molecule has 0 saturated carbocycles. The normalized spacial score (nSPS) is 20.8. The minimum absolute atomic E-state index is 0.00188. The Kier molecular flexibility index (Phi) is 5.40. The summed E-state index contributed by atoms with van der Waals surface area (Å²) in [6.45, 7) is 1.78. The van der Waals surface area contributed by atoms with Crippen LogP contribution in [0.3, 0.4) is 0 Å². The number of carbonyl (C=O) groups is 2. The highest BCUT2D eigenvalue weighted by Crippen LogP contribution is 2.24. The van der Waals surface area contributed by atoms with E-state index in [1.165, 1.54) is 0 Å². The van der Waals surface area contributed by atoms with Gasteiger partial charge in [0.25, 0.3) is 0 Å². The molecule has 2 amide bonds. The summed E-state index contributed by atoms with van der Waals surface area (Å²) in [5.74, 6) is 0.754. The maximum absolute atomic E-state index is 12.3. The second kappa shape index (κ2) is 8.49. The largest absolute Gasteiger partial charge is 0.338 e. The van der Waals surface area contributed by atoms with Crippen LogP contribution in [0.25, 0.3) is 22.4 Å². The molecule has 0 radical (unpaired) electrons. The number of nitrogens with zero attached hydrogens (tertiary/aromatic N) is 1. The third kappa shape index (κ3) is 4.30. The molecule has 3 heterocycles. The molecule has 5 rings (SSSR count). The fourth-order valence-corrected chi connectivity index (χ4v) is 4.21. The Balaban J connectivity index is 1.28. The van der Waals surface area contributed by atoms with Gasteiger partial charge in [-0.05, 0) is 81.2 Å². The van der Waals surface area contributed by atoms with E-state index >= 15 is 0 Å². The Hall–Kier alpha value is -3.23. The third-order valence-corrected chi connectivity index (χ3v) is 5.93. The number of hydrogen-bond donors (Lipinski definition) is 5. The van der Waals surface area contributed by atoms with E-state index in [-0.39, 0.29) is 23.9 Å². The van der Waals surface area contributed by atoms with Crippen molar-refractivity contribution in [3.05, 3.63) is 42.5 Å². The van der Waals surface area contributed by atoms with E-state index in [0.29, 0.717) is 0 Å². The van der Waals surface area contributed by atoms with Crippen LogP contribution in [-0.2, 0) is 9.59 Å². The van der Waals surface area contributed by atoms with Crippen molar-refractivity contribution >= 4 is 34.2 Å². The lowest BCUT2D eigenvalue weighted by Crippen LogP contribution is -2.35. The van der Waals surface area contributed by atoms with Crippen LogP contribution in [0.4, 0.5) is 11.4 Å². The summed E-state index contributed by atoms with van der Waals surface area (Å²) in [5.41, 5.74) is 4.13. The predicted molar refractivity (Wildman–Crippen MR) is 121 cm³/mol. The van der Waals surface area contributed by atoms with Crippen molar-refractivity contribution < 1.29 is 9.59 Å². The van der Waals surface area contributed by atoms with E-state index in [1.807, 2.05) is 42.5 Å².